The fourth-order valence-corrected chi connectivity index (χ4v) is 0.364. The van der Waals surface area contributed by atoms with Crippen LogP contribution in [0.1, 0.15) is 19.8 Å². The van der Waals surface area contributed by atoms with Crippen molar-refractivity contribution in [3.8, 4) is 18.4 Å². The van der Waals surface area contributed by atoms with Crippen molar-refractivity contribution in [3.63, 3.8) is 0 Å². The van der Waals surface area contributed by atoms with E-state index in [4.69, 9.17) is 11.7 Å². The quantitative estimate of drug-likeness (QED) is 0.491. The molecule has 0 N–H and O–H groups in total. The molecule has 0 saturated heterocycles. The van der Waals surface area contributed by atoms with E-state index in [1.807, 2.05) is 13.0 Å². The summed E-state index contributed by atoms with van der Waals surface area (Å²) in [4.78, 5) is 0. The molecule has 1 atom stereocenters. The average Bonchev–Trinajstić information content (AvgIpc) is 1.83. The average molecular weight is 107 g/mol. The van der Waals surface area contributed by atoms with Crippen LogP contribution in [0.15, 0.2) is 0 Å². The van der Waals surface area contributed by atoms with Crippen molar-refractivity contribution in [2.75, 3.05) is 0 Å². The van der Waals surface area contributed by atoms with E-state index < -0.39 is 0 Å². The van der Waals surface area contributed by atoms with Crippen LogP contribution in [0, 0.1) is 29.6 Å². The maximum atomic E-state index is 8.09. The fraction of sp³-hybridized carbons (Fsp3) is 0.571. The van der Waals surface area contributed by atoms with Crippen molar-refractivity contribution < 1.29 is 0 Å². The molecule has 0 aliphatic rings. The van der Waals surface area contributed by atoms with Crippen LogP contribution in [0.5, 0.6) is 0 Å². The molecule has 0 aromatic rings. The molecule has 0 aliphatic heterocycles. The standard InChI is InChI=1S/C7H9N/c1-3-7(2)5-4-6-8/h1,7H,4-5H2,2H3. The van der Waals surface area contributed by atoms with E-state index >= 15 is 0 Å². The van der Waals surface area contributed by atoms with Gasteiger partial charge in [0.15, 0.2) is 0 Å². The van der Waals surface area contributed by atoms with Gasteiger partial charge in [0, 0.05) is 12.3 Å². The van der Waals surface area contributed by atoms with Gasteiger partial charge >= 0.3 is 0 Å². The van der Waals surface area contributed by atoms with Crippen LogP contribution in [-0.4, -0.2) is 0 Å². The molecule has 0 aromatic heterocycles. The molecule has 1 unspecified atom stereocenters. The van der Waals surface area contributed by atoms with Gasteiger partial charge in [-0.2, -0.15) is 5.26 Å². The maximum Gasteiger partial charge on any atom is 0.0622 e. The Balaban J connectivity index is 3.18. The van der Waals surface area contributed by atoms with Crippen LogP contribution in [0.2, 0.25) is 0 Å². The van der Waals surface area contributed by atoms with Gasteiger partial charge in [-0.1, -0.05) is 6.92 Å². The molecule has 8 heavy (non-hydrogen) atoms. The normalized spacial score (nSPS) is 11.4. The van der Waals surface area contributed by atoms with Crippen LogP contribution in [-0.2, 0) is 0 Å². The Morgan fingerprint density at radius 2 is 2.38 bits per heavy atom. The van der Waals surface area contributed by atoms with Gasteiger partial charge in [-0.3, -0.25) is 0 Å². The van der Waals surface area contributed by atoms with Gasteiger partial charge < -0.3 is 0 Å². The van der Waals surface area contributed by atoms with Crippen LogP contribution in [0.4, 0.5) is 0 Å². The Hall–Kier alpha value is -0.950. The topological polar surface area (TPSA) is 23.8 Å². The Bertz CT molecular complexity index is 124. The van der Waals surface area contributed by atoms with Gasteiger partial charge in [0.2, 0.25) is 0 Å². The fourth-order valence-electron chi connectivity index (χ4n) is 0.364. The second-order valence-corrected chi connectivity index (χ2v) is 1.76. The number of hydrogen-bond donors (Lipinski definition) is 0. The van der Waals surface area contributed by atoms with Crippen molar-refractivity contribution in [2.24, 2.45) is 5.92 Å². The van der Waals surface area contributed by atoms with Gasteiger partial charge in [-0.15, -0.1) is 12.3 Å². The Labute approximate surface area is 50.3 Å². The molecule has 0 rings (SSSR count). The van der Waals surface area contributed by atoms with Crippen molar-refractivity contribution in [2.45, 2.75) is 19.8 Å². The lowest BCUT2D eigenvalue weighted by molar-refractivity contribution is 0.685. The SMILES string of the molecule is C#CC(C)CCC#N. The molecule has 0 heterocycles. The van der Waals surface area contributed by atoms with Crippen LogP contribution in [0.25, 0.3) is 0 Å². The van der Waals surface area contributed by atoms with Gasteiger partial charge in [-0.05, 0) is 6.42 Å². The lowest BCUT2D eigenvalue weighted by Crippen LogP contribution is -1.86. The molecule has 0 fully saturated rings. The summed E-state index contributed by atoms with van der Waals surface area (Å²) in [7, 11) is 0. The third-order valence-corrected chi connectivity index (χ3v) is 0.974. The van der Waals surface area contributed by atoms with E-state index in [-0.39, 0.29) is 5.92 Å². The summed E-state index contributed by atoms with van der Waals surface area (Å²) in [6, 6.07) is 2.04. The molecule has 1 heteroatoms. The summed E-state index contributed by atoms with van der Waals surface area (Å²) in [5.41, 5.74) is 0. The van der Waals surface area contributed by atoms with Crippen LogP contribution in [0.3, 0.4) is 0 Å². The lowest BCUT2D eigenvalue weighted by atomic mass is 10.1. The minimum absolute atomic E-state index is 0.259. The first-order chi connectivity index (χ1) is 3.81. The summed E-state index contributed by atoms with van der Waals surface area (Å²) in [5.74, 6) is 2.81. The first-order valence-electron chi connectivity index (χ1n) is 2.64. The highest BCUT2D eigenvalue weighted by Crippen LogP contribution is 2.00. The largest absolute Gasteiger partial charge is 0.198 e. The summed E-state index contributed by atoms with van der Waals surface area (Å²) in [6.45, 7) is 1.94. The van der Waals surface area contributed by atoms with E-state index in [0.717, 1.165) is 6.42 Å². The van der Waals surface area contributed by atoms with Crippen molar-refractivity contribution in [3.05, 3.63) is 0 Å². The zero-order valence-corrected chi connectivity index (χ0v) is 5.02. The zero-order chi connectivity index (χ0) is 6.41. The first-order valence-corrected chi connectivity index (χ1v) is 2.64. The lowest BCUT2D eigenvalue weighted by Gasteiger charge is -1.94. The van der Waals surface area contributed by atoms with E-state index in [9.17, 15) is 0 Å². The minimum Gasteiger partial charge on any atom is -0.198 e. The van der Waals surface area contributed by atoms with Gasteiger partial charge in [0.1, 0.15) is 0 Å². The van der Waals surface area contributed by atoms with E-state index in [1.165, 1.54) is 0 Å². The summed E-state index contributed by atoms with van der Waals surface area (Å²) < 4.78 is 0. The number of nitrogens with zero attached hydrogens (tertiary/aromatic N) is 1. The molecule has 1 nitrogen and oxygen atoms in total. The smallest absolute Gasteiger partial charge is 0.0622 e. The molecular formula is C7H9N. The Morgan fingerprint density at radius 3 is 2.75 bits per heavy atom. The minimum atomic E-state index is 0.259. The second kappa shape index (κ2) is 4.22. The number of terminal acetylenes is 1. The molecule has 42 valence electrons. The molecule has 0 aromatic carbocycles. The summed E-state index contributed by atoms with van der Waals surface area (Å²) >= 11 is 0. The van der Waals surface area contributed by atoms with E-state index in [2.05, 4.69) is 5.92 Å². The number of nitriles is 1. The molecular weight excluding hydrogens is 98.1 g/mol. The highest BCUT2D eigenvalue weighted by atomic mass is 14.2. The molecule has 0 radical (unpaired) electrons. The van der Waals surface area contributed by atoms with Gasteiger partial charge in [-0.25, -0.2) is 0 Å². The molecule has 0 saturated carbocycles. The van der Waals surface area contributed by atoms with Crippen molar-refractivity contribution >= 4 is 0 Å². The van der Waals surface area contributed by atoms with Crippen molar-refractivity contribution in [1.82, 2.24) is 0 Å². The summed E-state index contributed by atoms with van der Waals surface area (Å²) in [6.07, 6.45) is 6.45. The summed E-state index contributed by atoms with van der Waals surface area (Å²) in [5, 5.41) is 8.09. The monoisotopic (exact) mass is 107 g/mol. The first kappa shape index (κ1) is 7.05. The Kier molecular flexibility index (Phi) is 3.71. The van der Waals surface area contributed by atoms with Crippen molar-refractivity contribution in [1.29, 1.82) is 5.26 Å². The number of rotatable bonds is 2. The maximum absolute atomic E-state index is 8.09. The van der Waals surface area contributed by atoms with E-state index in [1.54, 1.807) is 0 Å². The van der Waals surface area contributed by atoms with Crippen LogP contribution < -0.4 is 0 Å². The third-order valence-electron chi connectivity index (χ3n) is 0.974. The zero-order valence-electron chi connectivity index (χ0n) is 5.02. The molecule has 0 amide bonds. The second-order valence-electron chi connectivity index (χ2n) is 1.76. The van der Waals surface area contributed by atoms with Crippen LogP contribution >= 0.6 is 0 Å². The predicted molar refractivity (Wildman–Crippen MR) is 32.8 cm³/mol. The molecule has 0 spiro atoms. The molecule has 0 bridgehead atoms. The molecule has 0 aliphatic carbocycles. The van der Waals surface area contributed by atoms with Gasteiger partial charge in [0.25, 0.3) is 0 Å². The third kappa shape index (κ3) is 3.25. The predicted octanol–water partition coefficient (Wildman–Crippen LogP) is 1.56. The van der Waals surface area contributed by atoms with E-state index in [0.29, 0.717) is 6.42 Å². The number of hydrogen-bond acceptors (Lipinski definition) is 1. The van der Waals surface area contributed by atoms with Gasteiger partial charge in [0.05, 0.1) is 6.07 Å². The highest BCUT2D eigenvalue weighted by molar-refractivity contribution is 4.91. The highest BCUT2D eigenvalue weighted by Gasteiger charge is 1.92. The Morgan fingerprint density at radius 1 is 1.75 bits per heavy atom.